The van der Waals surface area contributed by atoms with Gasteiger partial charge in [0, 0.05) is 31.0 Å². The highest BCUT2D eigenvalue weighted by Crippen LogP contribution is 2.43. The average Bonchev–Trinajstić information content (AvgIpc) is 3.32. The molecule has 31 heavy (non-hydrogen) atoms. The number of benzene rings is 1. The normalized spacial score (nSPS) is 21.4. The largest absolute Gasteiger partial charge is 0.457 e. The van der Waals surface area contributed by atoms with Gasteiger partial charge in [-0.25, -0.2) is 9.78 Å². The quantitative estimate of drug-likeness (QED) is 0.753. The molecule has 5 rings (SSSR count). The third kappa shape index (κ3) is 3.40. The Labute approximate surface area is 180 Å². The summed E-state index contributed by atoms with van der Waals surface area (Å²) in [6, 6.07) is 3.58. The number of aromatic nitrogens is 2. The van der Waals surface area contributed by atoms with E-state index in [1.54, 1.807) is 29.6 Å². The van der Waals surface area contributed by atoms with Crippen LogP contribution in [-0.4, -0.2) is 58.0 Å². The number of carbonyl (C=O) groups excluding carboxylic acids is 2. The maximum absolute atomic E-state index is 13.2. The first-order chi connectivity index (χ1) is 15.0. The zero-order valence-corrected chi connectivity index (χ0v) is 17.6. The fraction of sp³-hybridized carbons (Fsp3) is 0.478. The summed E-state index contributed by atoms with van der Waals surface area (Å²) in [4.78, 5) is 37.3. The Bertz CT molecular complexity index is 1020. The van der Waals surface area contributed by atoms with E-state index in [-0.39, 0.29) is 23.9 Å². The fourth-order valence-electron chi connectivity index (χ4n) is 5.17. The molecule has 1 aromatic carbocycles. The van der Waals surface area contributed by atoms with Crippen molar-refractivity contribution in [3.8, 4) is 0 Å². The highest BCUT2D eigenvalue weighted by Gasteiger charge is 2.49. The van der Waals surface area contributed by atoms with Crippen molar-refractivity contribution < 1.29 is 19.4 Å². The molecule has 0 aliphatic carbocycles. The second kappa shape index (κ2) is 7.69. The van der Waals surface area contributed by atoms with Crippen molar-refractivity contribution in [3.05, 3.63) is 53.0 Å². The second-order valence-electron chi connectivity index (χ2n) is 8.75. The van der Waals surface area contributed by atoms with E-state index < -0.39 is 6.10 Å². The van der Waals surface area contributed by atoms with Crippen molar-refractivity contribution in [1.82, 2.24) is 14.9 Å². The zero-order chi connectivity index (χ0) is 21.6. The van der Waals surface area contributed by atoms with Gasteiger partial charge >= 0.3 is 5.97 Å². The molecule has 1 atom stereocenters. The molecule has 0 unspecified atom stereocenters. The maximum Gasteiger partial charge on any atom is 0.338 e. The SMILES string of the molecule is Cc1c([C@@H](O)CN2CCC3(CC2)CCN(c2cnccn2)C3=O)ccc2c1COC2=O. The number of piperidine rings is 1. The number of nitrogens with zero attached hydrogens (tertiary/aromatic N) is 4. The summed E-state index contributed by atoms with van der Waals surface area (Å²) in [5.74, 6) is 0.473. The van der Waals surface area contributed by atoms with Crippen LogP contribution >= 0.6 is 0 Å². The number of aliphatic hydroxyl groups excluding tert-OH is 1. The van der Waals surface area contributed by atoms with Crippen molar-refractivity contribution in [2.45, 2.75) is 38.9 Å². The van der Waals surface area contributed by atoms with E-state index in [0.717, 1.165) is 49.0 Å². The van der Waals surface area contributed by atoms with Crippen LogP contribution in [0, 0.1) is 12.3 Å². The second-order valence-corrected chi connectivity index (χ2v) is 8.75. The predicted molar refractivity (Wildman–Crippen MR) is 112 cm³/mol. The molecule has 8 nitrogen and oxygen atoms in total. The predicted octanol–water partition coefficient (Wildman–Crippen LogP) is 2.01. The van der Waals surface area contributed by atoms with Gasteiger partial charge in [0.25, 0.3) is 0 Å². The number of β-amino-alcohol motifs (C(OH)–C–C–N with tert-alkyl or cyclic N) is 1. The van der Waals surface area contributed by atoms with Gasteiger partial charge in [0.1, 0.15) is 6.61 Å². The molecule has 1 N–H and O–H groups in total. The van der Waals surface area contributed by atoms with Gasteiger partial charge in [-0.05, 0) is 56.5 Å². The van der Waals surface area contributed by atoms with Crippen molar-refractivity contribution in [1.29, 1.82) is 0 Å². The van der Waals surface area contributed by atoms with Crippen molar-refractivity contribution in [2.24, 2.45) is 5.41 Å². The minimum absolute atomic E-state index is 0.146. The number of amides is 1. The third-order valence-corrected chi connectivity index (χ3v) is 7.15. The summed E-state index contributed by atoms with van der Waals surface area (Å²) in [5.41, 5.74) is 2.90. The molecular weight excluding hydrogens is 396 g/mol. The van der Waals surface area contributed by atoms with Gasteiger partial charge < -0.3 is 14.7 Å². The first-order valence-electron chi connectivity index (χ1n) is 10.8. The van der Waals surface area contributed by atoms with E-state index in [1.807, 2.05) is 13.0 Å². The molecule has 3 aliphatic heterocycles. The Balaban J connectivity index is 1.23. The van der Waals surface area contributed by atoms with Gasteiger partial charge in [0.05, 0.1) is 23.3 Å². The molecular formula is C23H26N4O4. The van der Waals surface area contributed by atoms with Gasteiger partial charge in [-0.2, -0.15) is 0 Å². The van der Waals surface area contributed by atoms with E-state index in [9.17, 15) is 14.7 Å². The Kier molecular flexibility index (Phi) is 4.98. The molecule has 1 aromatic heterocycles. The molecule has 1 spiro atoms. The van der Waals surface area contributed by atoms with Crippen molar-refractivity contribution in [3.63, 3.8) is 0 Å². The molecule has 2 fully saturated rings. The lowest BCUT2D eigenvalue weighted by Gasteiger charge is -2.38. The lowest BCUT2D eigenvalue weighted by Crippen LogP contribution is -2.45. The summed E-state index contributed by atoms with van der Waals surface area (Å²) >= 11 is 0. The summed E-state index contributed by atoms with van der Waals surface area (Å²) in [6.07, 6.45) is 6.60. The van der Waals surface area contributed by atoms with Crippen LogP contribution in [0.2, 0.25) is 0 Å². The van der Waals surface area contributed by atoms with Crippen LogP contribution in [0.1, 0.15) is 52.4 Å². The number of rotatable bonds is 4. The van der Waals surface area contributed by atoms with Gasteiger partial charge in [-0.15, -0.1) is 0 Å². The van der Waals surface area contributed by atoms with E-state index in [0.29, 0.717) is 24.5 Å². The third-order valence-electron chi connectivity index (χ3n) is 7.15. The minimum atomic E-state index is -0.648. The average molecular weight is 422 g/mol. The molecule has 3 aliphatic rings. The first-order valence-corrected chi connectivity index (χ1v) is 10.8. The number of carbonyl (C=O) groups is 2. The zero-order valence-electron chi connectivity index (χ0n) is 17.6. The number of hydrogen-bond acceptors (Lipinski definition) is 7. The smallest absolute Gasteiger partial charge is 0.338 e. The Morgan fingerprint density at radius 2 is 1.94 bits per heavy atom. The van der Waals surface area contributed by atoms with E-state index in [1.165, 1.54) is 0 Å². The number of likely N-dealkylation sites (tertiary alicyclic amines) is 1. The maximum atomic E-state index is 13.2. The lowest BCUT2D eigenvalue weighted by molar-refractivity contribution is -0.128. The summed E-state index contributed by atoms with van der Waals surface area (Å²) in [5, 5.41) is 10.9. The number of cyclic esters (lactones) is 1. The minimum Gasteiger partial charge on any atom is -0.457 e. The van der Waals surface area contributed by atoms with Crippen LogP contribution in [0.4, 0.5) is 5.82 Å². The summed E-state index contributed by atoms with van der Waals surface area (Å²) in [6.45, 7) is 4.92. The molecule has 0 radical (unpaired) electrons. The van der Waals surface area contributed by atoms with Crippen LogP contribution in [-0.2, 0) is 16.1 Å². The lowest BCUT2D eigenvalue weighted by atomic mass is 9.77. The van der Waals surface area contributed by atoms with E-state index >= 15 is 0 Å². The topological polar surface area (TPSA) is 95.9 Å². The molecule has 162 valence electrons. The summed E-state index contributed by atoms with van der Waals surface area (Å²) in [7, 11) is 0. The van der Waals surface area contributed by atoms with Crippen LogP contribution in [0.25, 0.3) is 0 Å². The number of fused-ring (bicyclic) bond motifs is 1. The molecule has 2 saturated heterocycles. The van der Waals surface area contributed by atoms with E-state index in [4.69, 9.17) is 4.74 Å². The van der Waals surface area contributed by atoms with Crippen LogP contribution in [0.5, 0.6) is 0 Å². The standard InChI is InChI=1S/C23H26N4O4/c1-15-16(2-3-17-18(15)14-31-21(17)29)19(28)13-26-9-4-23(5-10-26)6-11-27(22(23)30)20-12-24-7-8-25-20/h2-3,7-8,12,19,28H,4-6,9-11,13-14H2,1H3/t19-/m0/s1. The van der Waals surface area contributed by atoms with Gasteiger partial charge in [0.2, 0.25) is 5.91 Å². The van der Waals surface area contributed by atoms with Gasteiger partial charge in [0.15, 0.2) is 5.82 Å². The number of hydrogen-bond donors (Lipinski definition) is 1. The number of anilines is 1. The number of ether oxygens (including phenoxy) is 1. The number of esters is 1. The van der Waals surface area contributed by atoms with Gasteiger partial charge in [-0.3, -0.25) is 14.7 Å². The fourth-order valence-corrected chi connectivity index (χ4v) is 5.17. The Hall–Kier alpha value is -2.84. The molecule has 0 saturated carbocycles. The molecule has 4 heterocycles. The Morgan fingerprint density at radius 1 is 1.16 bits per heavy atom. The highest BCUT2D eigenvalue weighted by molar-refractivity contribution is 5.99. The van der Waals surface area contributed by atoms with Crippen molar-refractivity contribution in [2.75, 3.05) is 31.1 Å². The molecule has 2 aromatic rings. The first kappa shape index (κ1) is 20.1. The van der Waals surface area contributed by atoms with Crippen LogP contribution in [0.15, 0.2) is 30.7 Å². The molecule has 8 heteroatoms. The van der Waals surface area contributed by atoms with Crippen molar-refractivity contribution >= 4 is 17.7 Å². The van der Waals surface area contributed by atoms with Crippen LogP contribution in [0.3, 0.4) is 0 Å². The van der Waals surface area contributed by atoms with E-state index in [2.05, 4.69) is 14.9 Å². The van der Waals surface area contributed by atoms with Gasteiger partial charge in [-0.1, -0.05) is 6.07 Å². The number of aliphatic hydroxyl groups is 1. The highest BCUT2D eigenvalue weighted by atomic mass is 16.5. The van der Waals surface area contributed by atoms with Crippen LogP contribution < -0.4 is 4.90 Å². The Morgan fingerprint density at radius 3 is 2.68 bits per heavy atom. The summed E-state index contributed by atoms with van der Waals surface area (Å²) < 4.78 is 5.12. The molecule has 0 bridgehead atoms. The molecule has 1 amide bonds. The monoisotopic (exact) mass is 422 g/mol.